The lowest BCUT2D eigenvalue weighted by atomic mass is 9.90. The summed E-state index contributed by atoms with van der Waals surface area (Å²) in [6, 6.07) is 19.3. The molecule has 12 heteroatoms. The summed E-state index contributed by atoms with van der Waals surface area (Å²) in [5, 5.41) is 13.8. The summed E-state index contributed by atoms with van der Waals surface area (Å²) in [7, 11) is -5.01. The fourth-order valence-corrected chi connectivity index (χ4v) is 7.81. The molecule has 0 aliphatic carbocycles. The second kappa shape index (κ2) is 13.0. The number of fused-ring (bicyclic) bond motifs is 2. The molecule has 3 fully saturated rings. The van der Waals surface area contributed by atoms with Gasteiger partial charge in [-0.3, -0.25) is 18.9 Å². The van der Waals surface area contributed by atoms with Crippen LogP contribution >= 0.6 is 7.60 Å². The van der Waals surface area contributed by atoms with Crippen LogP contribution in [0.2, 0.25) is 0 Å². The third-order valence-electron chi connectivity index (χ3n) is 9.65. The van der Waals surface area contributed by atoms with E-state index in [-0.39, 0.29) is 40.8 Å². The van der Waals surface area contributed by atoms with Crippen LogP contribution in [0.3, 0.4) is 0 Å². The Kier molecular flexibility index (Phi) is 8.97. The molecule has 6 rings (SSSR count). The maximum Gasteiger partial charge on any atom is 0.363 e. The lowest BCUT2D eigenvalue weighted by Gasteiger charge is -2.36. The molecule has 3 saturated heterocycles. The van der Waals surface area contributed by atoms with Gasteiger partial charge in [0.25, 0.3) is 5.91 Å². The minimum Gasteiger partial charge on any atom is -0.340 e. The van der Waals surface area contributed by atoms with E-state index in [0.717, 1.165) is 24.8 Å². The van der Waals surface area contributed by atoms with Crippen LogP contribution in [0.4, 0.5) is 4.39 Å². The van der Waals surface area contributed by atoms with E-state index in [1.165, 1.54) is 24.3 Å². The molecule has 3 N–H and O–H groups in total. The van der Waals surface area contributed by atoms with Crippen LogP contribution < -0.4 is 5.32 Å². The SMILES string of the molecule is N#C[C@@H]1CN(C(=O)[C@@H]2CC[C@@H]3CCCC[C@H](NC(=O)c4ccc5ccc(C(F)P(=O)(O)O)cc5c4)C(=O)N32)C[C@H]1c1ccccc1. The molecule has 10 nitrogen and oxygen atoms in total. The highest BCUT2D eigenvalue weighted by Crippen LogP contribution is 2.53. The van der Waals surface area contributed by atoms with E-state index < -0.39 is 31.5 Å². The van der Waals surface area contributed by atoms with E-state index >= 15 is 0 Å². The zero-order valence-electron chi connectivity index (χ0n) is 25.2. The van der Waals surface area contributed by atoms with Gasteiger partial charge in [-0.1, -0.05) is 61.4 Å². The lowest BCUT2D eigenvalue weighted by Crippen LogP contribution is -2.56. The average Bonchev–Trinajstić information content (AvgIpc) is 3.68. The number of amides is 3. The largest absolute Gasteiger partial charge is 0.363 e. The summed E-state index contributed by atoms with van der Waals surface area (Å²) in [6.45, 7) is 0.713. The molecule has 0 radical (unpaired) electrons. The van der Waals surface area contributed by atoms with Crippen molar-refractivity contribution in [2.75, 3.05) is 13.1 Å². The van der Waals surface area contributed by atoms with Gasteiger partial charge in [0.2, 0.25) is 17.7 Å². The molecule has 0 saturated carbocycles. The quantitative estimate of drug-likeness (QED) is 0.326. The number of carbonyl (C=O) groups excluding carboxylic acids is 3. The number of rotatable bonds is 6. The summed E-state index contributed by atoms with van der Waals surface area (Å²) >= 11 is 0. The zero-order valence-corrected chi connectivity index (χ0v) is 26.1. The monoisotopic (exact) mass is 646 g/mol. The predicted octanol–water partition coefficient (Wildman–Crippen LogP) is 4.78. The number of halogens is 1. The van der Waals surface area contributed by atoms with Crippen molar-refractivity contribution in [3.05, 3.63) is 83.4 Å². The summed E-state index contributed by atoms with van der Waals surface area (Å²) < 4.78 is 25.8. The molecule has 6 atom stereocenters. The number of nitrogens with zero attached hydrogens (tertiary/aromatic N) is 3. The van der Waals surface area contributed by atoms with Gasteiger partial charge in [-0.25, -0.2) is 4.39 Å². The van der Waals surface area contributed by atoms with E-state index in [4.69, 9.17) is 0 Å². The summed E-state index contributed by atoms with van der Waals surface area (Å²) in [6.07, 6.45) is 3.99. The Morgan fingerprint density at radius 1 is 0.957 bits per heavy atom. The highest BCUT2D eigenvalue weighted by atomic mass is 31.2. The fraction of sp³-hybridized carbons (Fsp3) is 0.412. The molecule has 3 aromatic carbocycles. The molecule has 46 heavy (non-hydrogen) atoms. The lowest BCUT2D eigenvalue weighted by molar-refractivity contribution is -0.146. The van der Waals surface area contributed by atoms with Gasteiger partial charge in [-0.15, -0.1) is 0 Å². The van der Waals surface area contributed by atoms with Crippen molar-refractivity contribution in [3.63, 3.8) is 0 Å². The van der Waals surface area contributed by atoms with Gasteiger partial charge < -0.3 is 24.9 Å². The van der Waals surface area contributed by atoms with Crippen molar-refractivity contribution in [2.24, 2.45) is 5.92 Å². The second-order valence-corrected chi connectivity index (χ2v) is 14.2. The van der Waals surface area contributed by atoms with Crippen LogP contribution in [0.25, 0.3) is 10.8 Å². The topological polar surface area (TPSA) is 151 Å². The molecule has 3 aliphatic rings. The Bertz CT molecular complexity index is 1740. The standard InChI is InChI=1S/C34H36FN4O6P/c35-31(46(43,44)45)23-12-10-21-11-13-24(17-25(21)16-23)32(40)37-29-9-5-4-8-27-14-15-30(39(27)33(29)41)34(42)38-19-26(18-36)28(20-38)22-6-2-1-3-7-22/h1-3,6-7,10-13,16-17,26-31H,4-5,8-9,14-15,19-20H2,(H,37,40)(H2,43,44,45)/t26-,27+,28+,29+,30+,31?/m1/s1. The Morgan fingerprint density at radius 3 is 2.43 bits per heavy atom. The van der Waals surface area contributed by atoms with E-state index in [9.17, 15) is 38.4 Å². The first-order chi connectivity index (χ1) is 22.0. The number of benzene rings is 3. The molecule has 0 aromatic heterocycles. The number of nitrogens with one attached hydrogen (secondary N) is 1. The van der Waals surface area contributed by atoms with Gasteiger partial charge in [-0.05, 0) is 65.8 Å². The summed E-state index contributed by atoms with van der Waals surface area (Å²) in [4.78, 5) is 63.4. The molecule has 1 unspecified atom stereocenters. The number of alkyl halides is 1. The average molecular weight is 647 g/mol. The van der Waals surface area contributed by atoms with Crippen molar-refractivity contribution in [1.29, 1.82) is 5.26 Å². The van der Waals surface area contributed by atoms with Crippen LogP contribution in [-0.4, -0.2) is 68.5 Å². The van der Waals surface area contributed by atoms with E-state index in [1.54, 1.807) is 21.9 Å². The minimum absolute atomic E-state index is 0.104. The molecule has 3 heterocycles. The van der Waals surface area contributed by atoms with Crippen LogP contribution in [0.5, 0.6) is 0 Å². The second-order valence-electron chi connectivity index (χ2n) is 12.5. The molecule has 3 aliphatic heterocycles. The van der Waals surface area contributed by atoms with Crippen LogP contribution in [-0.2, 0) is 14.2 Å². The van der Waals surface area contributed by atoms with Gasteiger partial charge in [0, 0.05) is 30.6 Å². The third-order valence-corrected chi connectivity index (χ3v) is 10.5. The van der Waals surface area contributed by atoms with E-state index in [1.807, 2.05) is 30.3 Å². The third kappa shape index (κ3) is 6.30. The van der Waals surface area contributed by atoms with Gasteiger partial charge in [0.15, 0.2) is 0 Å². The maximum atomic E-state index is 14.4. The number of likely N-dealkylation sites (tertiary alicyclic amines) is 1. The predicted molar refractivity (Wildman–Crippen MR) is 168 cm³/mol. The molecule has 240 valence electrons. The van der Waals surface area contributed by atoms with Crippen molar-refractivity contribution in [2.45, 2.75) is 68.5 Å². The molecule has 0 bridgehead atoms. The minimum atomic E-state index is -5.01. The van der Waals surface area contributed by atoms with Gasteiger partial charge >= 0.3 is 7.60 Å². The Balaban J connectivity index is 1.19. The Labute approximate surface area is 266 Å². The summed E-state index contributed by atoms with van der Waals surface area (Å²) in [5.74, 6) is -3.90. The highest BCUT2D eigenvalue weighted by Gasteiger charge is 2.47. The Morgan fingerprint density at radius 2 is 1.70 bits per heavy atom. The van der Waals surface area contributed by atoms with E-state index in [2.05, 4.69) is 11.4 Å². The van der Waals surface area contributed by atoms with Crippen molar-refractivity contribution in [1.82, 2.24) is 15.1 Å². The Hall–Kier alpha value is -4.10. The van der Waals surface area contributed by atoms with Gasteiger partial charge in [0.05, 0.1) is 12.0 Å². The van der Waals surface area contributed by atoms with E-state index in [0.29, 0.717) is 43.1 Å². The number of carbonyl (C=O) groups is 3. The first-order valence-corrected chi connectivity index (χ1v) is 17.3. The van der Waals surface area contributed by atoms with Gasteiger partial charge in [0.1, 0.15) is 12.1 Å². The smallest absolute Gasteiger partial charge is 0.340 e. The molecule has 3 amide bonds. The maximum absolute atomic E-state index is 14.4. The molecular formula is C34H36FN4O6P. The highest BCUT2D eigenvalue weighted by molar-refractivity contribution is 7.51. The fourth-order valence-electron chi connectivity index (χ4n) is 7.26. The number of hydrogen-bond acceptors (Lipinski definition) is 5. The van der Waals surface area contributed by atoms with Crippen molar-refractivity contribution in [3.8, 4) is 6.07 Å². The molecule has 3 aromatic rings. The molecule has 0 spiro atoms. The van der Waals surface area contributed by atoms with Crippen LogP contribution in [0.1, 0.15) is 71.8 Å². The zero-order chi connectivity index (χ0) is 32.6. The first kappa shape index (κ1) is 31.9. The number of hydrogen-bond donors (Lipinski definition) is 3. The normalized spacial score (nSPS) is 25.8. The van der Waals surface area contributed by atoms with Crippen molar-refractivity contribution < 1.29 is 33.1 Å². The van der Waals surface area contributed by atoms with Crippen molar-refractivity contribution >= 4 is 36.1 Å². The van der Waals surface area contributed by atoms with Gasteiger partial charge in [-0.2, -0.15) is 5.26 Å². The first-order valence-electron chi connectivity index (χ1n) is 15.6. The van der Waals surface area contributed by atoms with Crippen LogP contribution in [0.15, 0.2) is 66.7 Å². The van der Waals surface area contributed by atoms with Crippen LogP contribution in [0, 0.1) is 17.2 Å². The summed E-state index contributed by atoms with van der Waals surface area (Å²) in [5.41, 5.74) is 1.02. The molecular weight excluding hydrogens is 610 g/mol. The number of nitriles is 1.